The van der Waals surface area contributed by atoms with E-state index in [1.807, 2.05) is 0 Å². The fraction of sp³-hybridized carbons (Fsp3) is 0.588. The number of hydrogen-bond acceptors (Lipinski definition) is 1. The average Bonchev–Trinajstić information content (AvgIpc) is 2.83. The zero-order chi connectivity index (χ0) is 14.8. The van der Waals surface area contributed by atoms with Crippen LogP contribution in [0.1, 0.15) is 36.5 Å². The molecule has 0 unspecified atom stereocenters. The maximum absolute atomic E-state index is 12.4. The van der Waals surface area contributed by atoms with Gasteiger partial charge in [0.15, 0.2) is 0 Å². The van der Waals surface area contributed by atoms with E-state index in [-0.39, 0.29) is 38.6 Å². The summed E-state index contributed by atoms with van der Waals surface area (Å²) in [4.78, 5) is 12.4. The SMILES string of the molecule is CC[P+]1(CC(=O)Nc2c(C)cc(C)cc2C)CCCC1.[Y]. The smallest absolute Gasteiger partial charge is 0.261 e. The first-order valence-corrected chi connectivity index (χ1v) is 10.2. The molecule has 4 heteroatoms. The van der Waals surface area contributed by atoms with Crippen LogP contribution in [0.5, 0.6) is 0 Å². The number of nitrogens with one attached hydrogen (secondary N) is 1. The summed E-state index contributed by atoms with van der Waals surface area (Å²) in [5.74, 6) is 0.233. The molecule has 0 aromatic heterocycles. The van der Waals surface area contributed by atoms with Gasteiger partial charge in [0.25, 0.3) is 5.91 Å². The van der Waals surface area contributed by atoms with Gasteiger partial charge in [0, 0.05) is 45.7 Å². The molecule has 1 amide bonds. The van der Waals surface area contributed by atoms with Gasteiger partial charge in [0.2, 0.25) is 0 Å². The van der Waals surface area contributed by atoms with Gasteiger partial charge in [-0.2, -0.15) is 0 Å². The Morgan fingerprint density at radius 3 is 2.14 bits per heavy atom. The van der Waals surface area contributed by atoms with Gasteiger partial charge < -0.3 is 5.32 Å². The van der Waals surface area contributed by atoms with E-state index in [9.17, 15) is 4.79 Å². The van der Waals surface area contributed by atoms with Crippen LogP contribution in [0.2, 0.25) is 0 Å². The molecule has 2 nitrogen and oxygen atoms in total. The second kappa shape index (κ2) is 8.18. The molecule has 1 fully saturated rings. The van der Waals surface area contributed by atoms with Gasteiger partial charge in [0.1, 0.15) is 6.16 Å². The van der Waals surface area contributed by atoms with Crippen molar-refractivity contribution in [2.45, 2.75) is 40.5 Å². The first kappa shape index (κ1) is 19.3. The van der Waals surface area contributed by atoms with E-state index in [1.54, 1.807) is 0 Å². The Hall–Kier alpha value is 0.224. The number of hydrogen-bond donors (Lipinski definition) is 1. The number of benzene rings is 1. The Morgan fingerprint density at radius 1 is 1.14 bits per heavy atom. The Kier molecular flexibility index (Phi) is 7.51. The van der Waals surface area contributed by atoms with Crippen LogP contribution in [0, 0.1) is 20.8 Å². The molecule has 2 rings (SSSR count). The molecule has 21 heavy (non-hydrogen) atoms. The maximum atomic E-state index is 12.4. The van der Waals surface area contributed by atoms with Crippen molar-refractivity contribution in [1.82, 2.24) is 0 Å². The third-order valence-electron chi connectivity index (χ3n) is 4.61. The van der Waals surface area contributed by atoms with Gasteiger partial charge in [0.05, 0.1) is 18.5 Å². The van der Waals surface area contributed by atoms with Crippen molar-refractivity contribution < 1.29 is 37.5 Å². The quantitative estimate of drug-likeness (QED) is 0.771. The van der Waals surface area contributed by atoms with E-state index in [0.29, 0.717) is 0 Å². The fourth-order valence-corrected chi connectivity index (χ4v) is 7.33. The van der Waals surface area contributed by atoms with Crippen molar-refractivity contribution in [2.24, 2.45) is 0 Å². The van der Waals surface area contributed by atoms with Crippen molar-refractivity contribution in [2.75, 3.05) is 30.0 Å². The summed E-state index contributed by atoms with van der Waals surface area (Å²) < 4.78 is 0. The van der Waals surface area contributed by atoms with E-state index >= 15 is 0 Å². The van der Waals surface area contributed by atoms with E-state index in [0.717, 1.165) is 11.8 Å². The summed E-state index contributed by atoms with van der Waals surface area (Å²) in [6.07, 6.45) is 7.32. The summed E-state index contributed by atoms with van der Waals surface area (Å²) in [6, 6.07) is 4.28. The second-order valence-corrected chi connectivity index (χ2v) is 10.8. The molecule has 0 bridgehead atoms. The molecule has 113 valence electrons. The number of aryl methyl sites for hydroxylation is 3. The summed E-state index contributed by atoms with van der Waals surface area (Å²) in [6.45, 7) is 8.53. The molecule has 1 saturated heterocycles. The Balaban J connectivity index is 0.00000220. The zero-order valence-corrected chi connectivity index (χ0v) is 17.6. The van der Waals surface area contributed by atoms with Crippen LogP contribution in [0.3, 0.4) is 0 Å². The molecule has 1 heterocycles. The van der Waals surface area contributed by atoms with Crippen molar-refractivity contribution in [1.29, 1.82) is 0 Å². The molecule has 1 aliphatic rings. The zero-order valence-electron chi connectivity index (χ0n) is 13.8. The Bertz CT molecular complexity index is 487. The molecule has 0 atom stereocenters. The van der Waals surface area contributed by atoms with Gasteiger partial charge in [-0.15, -0.1) is 0 Å². The molecule has 0 spiro atoms. The molecule has 0 aliphatic carbocycles. The molecule has 1 radical (unpaired) electrons. The standard InChI is InChI=1S/C17H26NOP.Y/c1-5-20(8-6-7-9-20)12-16(19)18-17-14(3)10-13(2)11-15(17)4;/h10-11H,5-9,12H2,1-4H3;/p+1. The summed E-state index contributed by atoms with van der Waals surface area (Å²) in [7, 11) is -0.973. The minimum Gasteiger partial charge on any atom is -0.322 e. The fourth-order valence-electron chi connectivity index (χ4n) is 3.45. The molecular formula is C17H27NOPY+. The van der Waals surface area contributed by atoms with Gasteiger partial charge >= 0.3 is 0 Å². The minimum absolute atomic E-state index is 0. The van der Waals surface area contributed by atoms with Crippen LogP contribution >= 0.6 is 7.26 Å². The van der Waals surface area contributed by atoms with Crippen molar-refractivity contribution in [3.8, 4) is 0 Å². The molecule has 1 aliphatic heterocycles. The first-order chi connectivity index (χ1) is 9.46. The second-order valence-electron chi connectivity index (χ2n) is 6.29. The van der Waals surface area contributed by atoms with Crippen molar-refractivity contribution >= 4 is 18.9 Å². The number of carbonyl (C=O) groups excluding carboxylic acids is 1. The van der Waals surface area contributed by atoms with Gasteiger partial charge in [-0.05, 0) is 51.7 Å². The molecule has 0 saturated carbocycles. The van der Waals surface area contributed by atoms with Crippen LogP contribution in [0.15, 0.2) is 12.1 Å². The largest absolute Gasteiger partial charge is 0.322 e. The average molecular weight is 381 g/mol. The van der Waals surface area contributed by atoms with E-state index in [4.69, 9.17) is 0 Å². The minimum atomic E-state index is -0.973. The van der Waals surface area contributed by atoms with E-state index in [2.05, 4.69) is 45.1 Å². The third kappa shape index (κ3) is 4.85. The molecule has 1 aromatic carbocycles. The summed E-state index contributed by atoms with van der Waals surface area (Å²) >= 11 is 0. The molecule has 1 N–H and O–H groups in total. The molecular weight excluding hydrogens is 354 g/mol. The van der Waals surface area contributed by atoms with Crippen LogP contribution in [-0.4, -0.2) is 30.6 Å². The van der Waals surface area contributed by atoms with Crippen LogP contribution in [0.4, 0.5) is 5.69 Å². The van der Waals surface area contributed by atoms with Gasteiger partial charge in [-0.25, -0.2) is 0 Å². The number of anilines is 1. The van der Waals surface area contributed by atoms with E-state index in [1.165, 1.54) is 48.0 Å². The number of amides is 1. The number of rotatable bonds is 4. The van der Waals surface area contributed by atoms with Gasteiger partial charge in [-0.1, -0.05) is 17.7 Å². The van der Waals surface area contributed by atoms with Gasteiger partial charge in [-0.3, -0.25) is 4.79 Å². The van der Waals surface area contributed by atoms with Crippen molar-refractivity contribution in [3.05, 3.63) is 28.8 Å². The van der Waals surface area contributed by atoms with Crippen LogP contribution in [0.25, 0.3) is 0 Å². The predicted molar refractivity (Wildman–Crippen MR) is 90.6 cm³/mol. The van der Waals surface area contributed by atoms with E-state index < -0.39 is 7.26 Å². The maximum Gasteiger partial charge on any atom is 0.261 e. The Morgan fingerprint density at radius 2 is 1.67 bits per heavy atom. The topological polar surface area (TPSA) is 29.1 Å². The summed E-state index contributed by atoms with van der Waals surface area (Å²) in [5, 5.41) is 3.18. The van der Waals surface area contributed by atoms with Crippen LogP contribution in [-0.2, 0) is 37.5 Å². The Labute approximate surface area is 155 Å². The van der Waals surface area contributed by atoms with Crippen molar-refractivity contribution in [3.63, 3.8) is 0 Å². The normalized spacial score (nSPS) is 16.4. The van der Waals surface area contributed by atoms with Crippen LogP contribution < -0.4 is 5.32 Å². The monoisotopic (exact) mass is 381 g/mol. The first-order valence-electron chi connectivity index (χ1n) is 7.68. The summed E-state index contributed by atoms with van der Waals surface area (Å²) in [5.41, 5.74) is 4.62. The third-order valence-corrected chi connectivity index (χ3v) is 9.44. The molecule has 1 aromatic rings. The number of carbonyl (C=O) groups is 1. The predicted octanol–water partition coefficient (Wildman–Crippen LogP) is 4.38.